The normalized spacial score (nSPS) is 10.2. The number of carbonyl (C=O) groups excluding carboxylic acids is 1. The molecule has 0 saturated carbocycles. The van der Waals surface area contributed by atoms with Crippen LogP contribution in [0.2, 0.25) is 5.02 Å². The topological polar surface area (TPSA) is 88.0 Å². The molecule has 0 radical (unpaired) electrons. The van der Waals surface area contributed by atoms with Crippen LogP contribution in [-0.2, 0) is 6.54 Å². The van der Waals surface area contributed by atoms with E-state index in [1.165, 1.54) is 18.2 Å². The number of nitro groups is 1. The van der Waals surface area contributed by atoms with E-state index in [4.69, 9.17) is 11.6 Å². The molecule has 1 heterocycles. The fourth-order valence-corrected chi connectivity index (χ4v) is 1.88. The number of H-pyrrole nitrogens is 1. The number of carbonyl (C=O) groups is 1. The fraction of sp³-hybridized carbons (Fsp3) is 0.0833. The second-order valence-corrected chi connectivity index (χ2v) is 4.20. The van der Waals surface area contributed by atoms with E-state index in [0.29, 0.717) is 0 Å². The Hall–Kier alpha value is -2.34. The maximum atomic E-state index is 12.0. The van der Waals surface area contributed by atoms with Gasteiger partial charge in [-0.15, -0.1) is 0 Å². The first kappa shape index (κ1) is 13.1. The second kappa shape index (κ2) is 5.53. The molecular formula is C12H10ClN3O3. The van der Waals surface area contributed by atoms with E-state index in [2.05, 4.69) is 10.3 Å². The summed E-state index contributed by atoms with van der Waals surface area (Å²) >= 11 is 5.86. The Morgan fingerprint density at radius 1 is 1.42 bits per heavy atom. The van der Waals surface area contributed by atoms with Crippen molar-refractivity contribution in [3.8, 4) is 0 Å². The number of benzene rings is 1. The highest BCUT2D eigenvalue weighted by atomic mass is 35.5. The number of hydrogen-bond donors (Lipinski definition) is 2. The molecule has 0 bridgehead atoms. The van der Waals surface area contributed by atoms with Gasteiger partial charge >= 0.3 is 0 Å². The summed E-state index contributed by atoms with van der Waals surface area (Å²) < 4.78 is 0. The Balaban J connectivity index is 2.21. The minimum atomic E-state index is -0.628. The summed E-state index contributed by atoms with van der Waals surface area (Å²) in [4.78, 5) is 25.1. The maximum absolute atomic E-state index is 12.0. The lowest BCUT2D eigenvalue weighted by molar-refractivity contribution is -0.385. The molecule has 1 aromatic heterocycles. The van der Waals surface area contributed by atoms with Gasteiger partial charge < -0.3 is 10.3 Å². The van der Waals surface area contributed by atoms with E-state index in [1.54, 1.807) is 18.5 Å². The molecule has 0 saturated heterocycles. The van der Waals surface area contributed by atoms with Crippen molar-refractivity contribution < 1.29 is 9.72 Å². The molecule has 0 aliphatic heterocycles. The first-order valence-electron chi connectivity index (χ1n) is 5.42. The number of aromatic amines is 1. The lowest BCUT2D eigenvalue weighted by Crippen LogP contribution is -2.23. The number of nitro benzene ring substituents is 1. The Morgan fingerprint density at radius 2 is 2.21 bits per heavy atom. The van der Waals surface area contributed by atoms with Crippen LogP contribution in [0.25, 0.3) is 0 Å². The third-order valence-electron chi connectivity index (χ3n) is 2.53. The van der Waals surface area contributed by atoms with Crippen molar-refractivity contribution in [3.63, 3.8) is 0 Å². The SMILES string of the molecule is O=C(NCc1cc[nH]c1)c1c(Cl)cccc1[N+](=O)[O-]. The monoisotopic (exact) mass is 279 g/mol. The second-order valence-electron chi connectivity index (χ2n) is 3.79. The molecule has 2 aromatic rings. The van der Waals surface area contributed by atoms with Crippen LogP contribution in [-0.4, -0.2) is 15.8 Å². The summed E-state index contributed by atoms with van der Waals surface area (Å²) in [6.07, 6.45) is 3.45. The molecule has 2 rings (SSSR count). The molecule has 0 aliphatic carbocycles. The van der Waals surface area contributed by atoms with Gasteiger partial charge in [-0.2, -0.15) is 0 Å². The maximum Gasteiger partial charge on any atom is 0.283 e. The number of nitrogens with zero attached hydrogens (tertiary/aromatic N) is 1. The quantitative estimate of drug-likeness (QED) is 0.666. The summed E-state index contributed by atoms with van der Waals surface area (Å²) in [7, 11) is 0. The largest absolute Gasteiger partial charge is 0.367 e. The van der Waals surface area contributed by atoms with Gasteiger partial charge in [0.2, 0.25) is 0 Å². The van der Waals surface area contributed by atoms with Crippen molar-refractivity contribution in [3.05, 3.63) is 62.9 Å². The highest BCUT2D eigenvalue weighted by Gasteiger charge is 2.22. The Bertz CT molecular complexity index is 611. The molecule has 2 N–H and O–H groups in total. The number of halogens is 1. The molecule has 1 aromatic carbocycles. The van der Waals surface area contributed by atoms with Crippen LogP contribution in [0.5, 0.6) is 0 Å². The predicted octanol–water partition coefficient (Wildman–Crippen LogP) is 2.51. The minimum absolute atomic E-state index is 0.0563. The van der Waals surface area contributed by atoms with Crippen LogP contribution in [0.3, 0.4) is 0 Å². The van der Waals surface area contributed by atoms with Crippen LogP contribution < -0.4 is 5.32 Å². The van der Waals surface area contributed by atoms with Crippen LogP contribution in [0.4, 0.5) is 5.69 Å². The Labute approximate surface area is 113 Å². The summed E-state index contributed by atoms with van der Waals surface area (Å²) in [6, 6.07) is 5.92. The van der Waals surface area contributed by atoms with Gasteiger partial charge in [-0.25, -0.2) is 0 Å². The van der Waals surface area contributed by atoms with Gasteiger partial charge in [-0.1, -0.05) is 17.7 Å². The van der Waals surface area contributed by atoms with Crippen LogP contribution in [0.1, 0.15) is 15.9 Å². The van der Waals surface area contributed by atoms with E-state index >= 15 is 0 Å². The van der Waals surface area contributed by atoms with E-state index in [-0.39, 0.29) is 22.8 Å². The van der Waals surface area contributed by atoms with Gasteiger partial charge in [0.05, 0.1) is 9.95 Å². The number of aromatic nitrogens is 1. The van der Waals surface area contributed by atoms with Crippen molar-refractivity contribution in [2.75, 3.05) is 0 Å². The van der Waals surface area contributed by atoms with Gasteiger partial charge in [0.1, 0.15) is 5.56 Å². The van der Waals surface area contributed by atoms with E-state index < -0.39 is 10.8 Å². The van der Waals surface area contributed by atoms with Gasteiger partial charge in [0.15, 0.2) is 0 Å². The zero-order valence-corrected chi connectivity index (χ0v) is 10.5. The molecular weight excluding hydrogens is 270 g/mol. The van der Waals surface area contributed by atoms with Gasteiger partial charge in [0, 0.05) is 25.0 Å². The average Bonchev–Trinajstić information content (AvgIpc) is 2.88. The molecule has 6 nitrogen and oxygen atoms in total. The van der Waals surface area contributed by atoms with Crippen LogP contribution in [0.15, 0.2) is 36.7 Å². The minimum Gasteiger partial charge on any atom is -0.367 e. The van der Waals surface area contributed by atoms with E-state index in [0.717, 1.165) is 5.56 Å². The van der Waals surface area contributed by atoms with Gasteiger partial charge in [0.25, 0.3) is 11.6 Å². The van der Waals surface area contributed by atoms with Crippen molar-refractivity contribution in [1.82, 2.24) is 10.3 Å². The van der Waals surface area contributed by atoms with Crippen molar-refractivity contribution in [1.29, 1.82) is 0 Å². The molecule has 0 aliphatic rings. The number of hydrogen-bond acceptors (Lipinski definition) is 3. The zero-order valence-electron chi connectivity index (χ0n) is 9.72. The summed E-state index contributed by atoms with van der Waals surface area (Å²) in [5.74, 6) is -0.571. The number of rotatable bonds is 4. The number of nitrogens with one attached hydrogen (secondary N) is 2. The first-order chi connectivity index (χ1) is 9.09. The fourth-order valence-electron chi connectivity index (χ4n) is 1.63. The lowest BCUT2D eigenvalue weighted by Gasteiger charge is -2.06. The van der Waals surface area contributed by atoms with Crippen molar-refractivity contribution >= 4 is 23.2 Å². The first-order valence-corrected chi connectivity index (χ1v) is 5.80. The molecule has 0 spiro atoms. The molecule has 98 valence electrons. The van der Waals surface area contributed by atoms with Crippen molar-refractivity contribution in [2.45, 2.75) is 6.54 Å². The van der Waals surface area contributed by atoms with E-state index in [9.17, 15) is 14.9 Å². The number of amides is 1. The highest BCUT2D eigenvalue weighted by Crippen LogP contribution is 2.25. The van der Waals surface area contributed by atoms with Crippen LogP contribution in [0, 0.1) is 10.1 Å². The summed E-state index contributed by atoms with van der Waals surface area (Å²) in [6.45, 7) is 0.269. The highest BCUT2D eigenvalue weighted by molar-refractivity contribution is 6.34. The van der Waals surface area contributed by atoms with Gasteiger partial charge in [-0.05, 0) is 17.7 Å². The third kappa shape index (κ3) is 2.92. The predicted molar refractivity (Wildman–Crippen MR) is 70.1 cm³/mol. The standard InChI is InChI=1S/C12H10ClN3O3/c13-9-2-1-3-10(16(18)19)11(9)12(17)15-7-8-4-5-14-6-8/h1-6,14H,7H2,(H,15,17). The Kier molecular flexibility index (Phi) is 3.82. The van der Waals surface area contributed by atoms with Gasteiger partial charge in [-0.3, -0.25) is 14.9 Å². The van der Waals surface area contributed by atoms with Crippen LogP contribution >= 0.6 is 11.6 Å². The smallest absolute Gasteiger partial charge is 0.283 e. The third-order valence-corrected chi connectivity index (χ3v) is 2.85. The lowest BCUT2D eigenvalue weighted by atomic mass is 10.1. The molecule has 0 unspecified atom stereocenters. The molecule has 0 fully saturated rings. The summed E-state index contributed by atoms with van der Waals surface area (Å²) in [5.41, 5.74) is 0.437. The Morgan fingerprint density at radius 3 is 2.84 bits per heavy atom. The summed E-state index contributed by atoms with van der Waals surface area (Å²) in [5, 5.41) is 13.5. The molecule has 1 amide bonds. The zero-order chi connectivity index (χ0) is 13.8. The average molecular weight is 280 g/mol. The van der Waals surface area contributed by atoms with E-state index in [1.807, 2.05) is 0 Å². The molecule has 0 atom stereocenters. The van der Waals surface area contributed by atoms with Crippen molar-refractivity contribution in [2.24, 2.45) is 0 Å². The molecule has 19 heavy (non-hydrogen) atoms. The molecule has 7 heteroatoms.